The largest absolute Gasteiger partial charge is 0.494 e. The van der Waals surface area contributed by atoms with Crippen LogP contribution in [0.3, 0.4) is 0 Å². The van der Waals surface area contributed by atoms with E-state index in [9.17, 15) is 8.78 Å². The molecule has 0 spiro atoms. The van der Waals surface area contributed by atoms with E-state index in [0.717, 1.165) is 5.56 Å². The van der Waals surface area contributed by atoms with Gasteiger partial charge in [0.05, 0.1) is 12.6 Å². The van der Waals surface area contributed by atoms with E-state index in [2.05, 4.69) is 5.43 Å². The van der Waals surface area contributed by atoms with E-state index >= 15 is 0 Å². The van der Waals surface area contributed by atoms with Crippen molar-refractivity contribution in [2.45, 2.75) is 19.4 Å². The van der Waals surface area contributed by atoms with E-state index in [1.807, 2.05) is 31.2 Å². The highest BCUT2D eigenvalue weighted by Gasteiger charge is 2.17. The van der Waals surface area contributed by atoms with Crippen molar-refractivity contribution in [1.82, 2.24) is 5.43 Å². The summed E-state index contributed by atoms with van der Waals surface area (Å²) in [6, 6.07) is 10.7. The van der Waals surface area contributed by atoms with Crippen molar-refractivity contribution >= 4 is 0 Å². The molecule has 2 aromatic carbocycles. The third-order valence-corrected chi connectivity index (χ3v) is 3.24. The average molecular weight is 292 g/mol. The molecule has 5 heteroatoms. The summed E-state index contributed by atoms with van der Waals surface area (Å²) in [5.74, 6) is 5.09. The Balaban J connectivity index is 2.26. The molecule has 21 heavy (non-hydrogen) atoms. The first kappa shape index (κ1) is 15.4. The molecule has 0 radical (unpaired) electrons. The number of halogens is 2. The zero-order chi connectivity index (χ0) is 15.2. The Kier molecular flexibility index (Phi) is 5.25. The van der Waals surface area contributed by atoms with Gasteiger partial charge in [-0.15, -0.1) is 0 Å². The van der Waals surface area contributed by atoms with E-state index in [4.69, 9.17) is 10.6 Å². The van der Waals surface area contributed by atoms with Crippen molar-refractivity contribution in [1.29, 1.82) is 0 Å². The smallest absolute Gasteiger partial charge is 0.129 e. The third kappa shape index (κ3) is 3.77. The Bertz CT molecular complexity index is 584. The first-order valence-electron chi connectivity index (χ1n) is 6.77. The van der Waals surface area contributed by atoms with Gasteiger partial charge in [-0.2, -0.15) is 0 Å². The second-order valence-corrected chi connectivity index (χ2v) is 4.63. The van der Waals surface area contributed by atoms with Crippen LogP contribution in [-0.4, -0.2) is 6.61 Å². The molecule has 0 saturated heterocycles. The van der Waals surface area contributed by atoms with Crippen LogP contribution in [0.25, 0.3) is 0 Å². The van der Waals surface area contributed by atoms with Crippen LogP contribution in [0.5, 0.6) is 5.75 Å². The molecule has 2 rings (SSSR count). The molecule has 112 valence electrons. The van der Waals surface area contributed by atoms with Crippen molar-refractivity contribution in [3.8, 4) is 5.75 Å². The summed E-state index contributed by atoms with van der Waals surface area (Å²) in [6.07, 6.45) is 0.116. The Morgan fingerprint density at radius 3 is 2.43 bits per heavy atom. The number of rotatable bonds is 6. The number of hydrogen-bond donors (Lipinski definition) is 2. The Hall–Kier alpha value is -1.98. The normalized spacial score (nSPS) is 12.2. The predicted molar refractivity (Wildman–Crippen MR) is 77.7 cm³/mol. The topological polar surface area (TPSA) is 47.3 Å². The summed E-state index contributed by atoms with van der Waals surface area (Å²) in [5.41, 5.74) is 3.43. The number of benzene rings is 2. The summed E-state index contributed by atoms with van der Waals surface area (Å²) in [4.78, 5) is 0. The fourth-order valence-electron chi connectivity index (χ4n) is 2.19. The maximum Gasteiger partial charge on any atom is 0.129 e. The number of ether oxygens (including phenoxy) is 1. The molecule has 0 aromatic heterocycles. The number of hydrogen-bond acceptors (Lipinski definition) is 3. The van der Waals surface area contributed by atoms with Gasteiger partial charge in [0.15, 0.2) is 0 Å². The van der Waals surface area contributed by atoms with Gasteiger partial charge in [0.25, 0.3) is 0 Å². The van der Waals surface area contributed by atoms with Crippen LogP contribution in [0, 0.1) is 11.6 Å². The maximum atomic E-state index is 13.7. The number of nitrogens with one attached hydrogen (secondary N) is 1. The first-order chi connectivity index (χ1) is 10.2. The SMILES string of the molecule is CCOc1cccc(C(Cc2c(F)cccc2F)NN)c1. The van der Waals surface area contributed by atoms with Crippen LogP contribution < -0.4 is 16.0 Å². The van der Waals surface area contributed by atoms with Gasteiger partial charge in [0.2, 0.25) is 0 Å². The fraction of sp³-hybridized carbons (Fsp3) is 0.250. The molecule has 0 aliphatic carbocycles. The molecule has 1 unspecified atom stereocenters. The second-order valence-electron chi connectivity index (χ2n) is 4.63. The summed E-state index contributed by atoms with van der Waals surface area (Å²) in [5, 5.41) is 0. The third-order valence-electron chi connectivity index (χ3n) is 3.24. The lowest BCUT2D eigenvalue weighted by Gasteiger charge is -2.18. The highest BCUT2D eigenvalue weighted by atomic mass is 19.1. The molecule has 0 heterocycles. The second kappa shape index (κ2) is 7.15. The summed E-state index contributed by atoms with van der Waals surface area (Å²) in [7, 11) is 0. The van der Waals surface area contributed by atoms with Crippen molar-refractivity contribution in [2.75, 3.05) is 6.61 Å². The monoisotopic (exact) mass is 292 g/mol. The first-order valence-corrected chi connectivity index (χ1v) is 6.77. The summed E-state index contributed by atoms with van der Waals surface area (Å²) in [6.45, 7) is 2.44. The quantitative estimate of drug-likeness (QED) is 0.635. The van der Waals surface area contributed by atoms with Crippen LogP contribution in [0.15, 0.2) is 42.5 Å². The van der Waals surface area contributed by atoms with Crippen molar-refractivity contribution in [3.05, 3.63) is 65.2 Å². The lowest BCUT2D eigenvalue weighted by atomic mass is 9.98. The van der Waals surface area contributed by atoms with Crippen LogP contribution in [0.1, 0.15) is 24.1 Å². The number of hydrazine groups is 1. The van der Waals surface area contributed by atoms with Crippen LogP contribution in [0.4, 0.5) is 8.78 Å². The van der Waals surface area contributed by atoms with Gasteiger partial charge in [-0.05, 0) is 43.2 Å². The highest BCUT2D eigenvalue weighted by molar-refractivity contribution is 5.32. The van der Waals surface area contributed by atoms with Crippen LogP contribution >= 0.6 is 0 Å². The van der Waals surface area contributed by atoms with Crippen molar-refractivity contribution in [2.24, 2.45) is 5.84 Å². The molecule has 0 aliphatic rings. The fourth-order valence-corrected chi connectivity index (χ4v) is 2.19. The molecule has 0 bridgehead atoms. The van der Waals surface area contributed by atoms with Crippen molar-refractivity contribution < 1.29 is 13.5 Å². The van der Waals surface area contributed by atoms with Crippen LogP contribution in [-0.2, 0) is 6.42 Å². The molecule has 3 nitrogen and oxygen atoms in total. The van der Waals surface area contributed by atoms with Gasteiger partial charge >= 0.3 is 0 Å². The Labute approximate surface area is 122 Å². The zero-order valence-corrected chi connectivity index (χ0v) is 11.8. The predicted octanol–water partition coefficient (Wildman–Crippen LogP) is 3.11. The van der Waals surface area contributed by atoms with E-state index in [1.165, 1.54) is 18.2 Å². The molecule has 0 saturated carbocycles. The van der Waals surface area contributed by atoms with E-state index in [-0.39, 0.29) is 12.0 Å². The Morgan fingerprint density at radius 2 is 1.81 bits per heavy atom. The van der Waals surface area contributed by atoms with Crippen molar-refractivity contribution in [3.63, 3.8) is 0 Å². The van der Waals surface area contributed by atoms with Gasteiger partial charge in [0, 0.05) is 5.56 Å². The van der Waals surface area contributed by atoms with Gasteiger partial charge in [-0.25, -0.2) is 8.78 Å². The standard InChI is InChI=1S/C16H18F2N2O/c1-2-21-12-6-3-5-11(9-12)16(20-19)10-13-14(17)7-4-8-15(13)18/h3-9,16,20H,2,10,19H2,1H3. The minimum Gasteiger partial charge on any atom is -0.494 e. The van der Waals surface area contributed by atoms with Gasteiger partial charge in [0.1, 0.15) is 17.4 Å². The molecule has 1 atom stereocenters. The lowest BCUT2D eigenvalue weighted by Crippen LogP contribution is -2.30. The lowest BCUT2D eigenvalue weighted by molar-refractivity contribution is 0.339. The van der Waals surface area contributed by atoms with Gasteiger partial charge in [-0.3, -0.25) is 11.3 Å². The maximum absolute atomic E-state index is 13.7. The Morgan fingerprint density at radius 1 is 1.14 bits per heavy atom. The highest BCUT2D eigenvalue weighted by Crippen LogP contribution is 2.24. The van der Waals surface area contributed by atoms with Gasteiger partial charge < -0.3 is 4.74 Å². The average Bonchev–Trinajstić information content (AvgIpc) is 2.48. The summed E-state index contributed by atoms with van der Waals surface area (Å²) >= 11 is 0. The summed E-state index contributed by atoms with van der Waals surface area (Å²) < 4.78 is 32.9. The van der Waals surface area contributed by atoms with Gasteiger partial charge in [-0.1, -0.05) is 18.2 Å². The molecule has 0 amide bonds. The van der Waals surface area contributed by atoms with E-state index in [1.54, 1.807) is 0 Å². The molecular formula is C16H18F2N2O. The molecule has 3 N–H and O–H groups in total. The molecule has 0 aliphatic heterocycles. The van der Waals surface area contributed by atoms with E-state index in [0.29, 0.717) is 12.4 Å². The molecular weight excluding hydrogens is 274 g/mol. The minimum atomic E-state index is -0.573. The molecule has 2 aromatic rings. The zero-order valence-electron chi connectivity index (χ0n) is 11.8. The van der Waals surface area contributed by atoms with Crippen LogP contribution in [0.2, 0.25) is 0 Å². The molecule has 0 fully saturated rings. The van der Waals surface area contributed by atoms with E-state index < -0.39 is 17.7 Å². The number of nitrogens with two attached hydrogens (primary N) is 1. The minimum absolute atomic E-state index is 0.0160.